The van der Waals surface area contributed by atoms with Gasteiger partial charge in [-0.2, -0.15) is 4.31 Å². The molecule has 2 aromatic carbocycles. The zero-order valence-corrected chi connectivity index (χ0v) is 20.0. The smallest absolute Gasteiger partial charge is 0.247 e. The zero-order chi connectivity index (χ0) is 24.2. The number of sulfonamides is 1. The summed E-state index contributed by atoms with van der Waals surface area (Å²) < 4.78 is 36.3. The number of rotatable bonds is 8. The predicted octanol–water partition coefficient (Wildman–Crippen LogP) is 1.38. The molecule has 1 saturated heterocycles. The summed E-state index contributed by atoms with van der Waals surface area (Å²) in [4.78, 5) is 28.0. The maximum Gasteiger partial charge on any atom is 0.247 e. The first-order valence-corrected chi connectivity index (χ1v) is 12.2. The predicted molar refractivity (Wildman–Crippen MR) is 123 cm³/mol. The summed E-state index contributed by atoms with van der Waals surface area (Å²) in [6.45, 7) is 1.37. The number of hydrogen-bond acceptors (Lipinski definition) is 6. The van der Waals surface area contributed by atoms with Crippen molar-refractivity contribution in [2.75, 3.05) is 33.6 Å². The minimum absolute atomic E-state index is 0.0477. The molecule has 0 spiro atoms. The summed E-state index contributed by atoms with van der Waals surface area (Å²) >= 11 is 0. The fourth-order valence-corrected chi connectivity index (χ4v) is 4.66. The molecule has 0 unspecified atom stereocenters. The highest BCUT2D eigenvalue weighted by molar-refractivity contribution is 7.88. The van der Waals surface area contributed by atoms with Crippen LogP contribution >= 0.6 is 0 Å². The van der Waals surface area contributed by atoms with Crippen LogP contribution in [0.15, 0.2) is 48.5 Å². The molecule has 2 aromatic rings. The van der Waals surface area contributed by atoms with Gasteiger partial charge in [0.05, 0.1) is 33.6 Å². The SMILES string of the molecule is COc1ccc(OC)c(CN2C(=O)CN(S(C)(=O)=O)C[C@@]2(C)C(=O)NCc2ccccc2)c1. The number of hydrogen-bond donors (Lipinski definition) is 1. The lowest BCUT2D eigenvalue weighted by Gasteiger charge is -2.46. The summed E-state index contributed by atoms with van der Waals surface area (Å²) in [5.74, 6) is 0.174. The van der Waals surface area contributed by atoms with E-state index in [1.54, 1.807) is 25.1 Å². The highest BCUT2D eigenvalue weighted by atomic mass is 32.2. The van der Waals surface area contributed by atoms with Gasteiger partial charge >= 0.3 is 0 Å². The molecule has 1 N–H and O–H groups in total. The molecule has 9 nitrogen and oxygen atoms in total. The molecular weight excluding hydrogens is 446 g/mol. The Hall–Kier alpha value is -3.11. The number of methoxy groups -OCH3 is 2. The normalized spacial score (nSPS) is 19.3. The summed E-state index contributed by atoms with van der Waals surface area (Å²) in [5, 5.41) is 2.86. The first-order chi connectivity index (χ1) is 15.6. The van der Waals surface area contributed by atoms with Crippen LogP contribution in [0.25, 0.3) is 0 Å². The van der Waals surface area contributed by atoms with Crippen molar-refractivity contribution in [3.8, 4) is 11.5 Å². The number of benzene rings is 2. The Morgan fingerprint density at radius 3 is 2.42 bits per heavy atom. The summed E-state index contributed by atoms with van der Waals surface area (Å²) in [5.41, 5.74) is 0.0824. The van der Waals surface area contributed by atoms with Crippen LogP contribution in [0, 0.1) is 0 Å². The number of carbonyl (C=O) groups excluding carboxylic acids is 2. The van der Waals surface area contributed by atoms with E-state index in [1.807, 2.05) is 30.3 Å². The van der Waals surface area contributed by atoms with Crippen LogP contribution in [-0.4, -0.2) is 68.5 Å². The highest BCUT2D eigenvalue weighted by Gasteiger charge is 2.49. The van der Waals surface area contributed by atoms with E-state index in [1.165, 1.54) is 19.1 Å². The van der Waals surface area contributed by atoms with Crippen molar-refractivity contribution < 1.29 is 27.5 Å². The van der Waals surface area contributed by atoms with Crippen LogP contribution in [0.3, 0.4) is 0 Å². The van der Waals surface area contributed by atoms with Crippen molar-refractivity contribution in [2.45, 2.75) is 25.6 Å². The molecule has 0 aromatic heterocycles. The first-order valence-electron chi connectivity index (χ1n) is 10.4. The van der Waals surface area contributed by atoms with Gasteiger partial charge < -0.3 is 19.7 Å². The number of amides is 2. The van der Waals surface area contributed by atoms with Crippen LogP contribution in [0.4, 0.5) is 0 Å². The third-order valence-electron chi connectivity index (χ3n) is 5.76. The largest absolute Gasteiger partial charge is 0.497 e. The van der Waals surface area contributed by atoms with Crippen molar-refractivity contribution in [3.05, 3.63) is 59.7 Å². The molecule has 0 bridgehead atoms. The van der Waals surface area contributed by atoms with Crippen molar-refractivity contribution in [2.24, 2.45) is 0 Å². The van der Waals surface area contributed by atoms with Crippen molar-refractivity contribution in [1.82, 2.24) is 14.5 Å². The molecule has 1 fully saturated rings. The van der Waals surface area contributed by atoms with Gasteiger partial charge in [-0.15, -0.1) is 0 Å². The van der Waals surface area contributed by atoms with Crippen molar-refractivity contribution in [3.63, 3.8) is 0 Å². The van der Waals surface area contributed by atoms with Gasteiger partial charge in [-0.05, 0) is 30.7 Å². The van der Waals surface area contributed by atoms with Crippen molar-refractivity contribution >= 4 is 21.8 Å². The zero-order valence-electron chi connectivity index (χ0n) is 19.2. The van der Waals surface area contributed by atoms with Crippen LogP contribution in [0.1, 0.15) is 18.1 Å². The molecule has 1 atom stereocenters. The van der Waals surface area contributed by atoms with Gasteiger partial charge in [0.25, 0.3) is 0 Å². The van der Waals surface area contributed by atoms with E-state index in [9.17, 15) is 18.0 Å². The second kappa shape index (κ2) is 9.80. The minimum Gasteiger partial charge on any atom is -0.497 e. The Morgan fingerprint density at radius 2 is 1.82 bits per heavy atom. The lowest BCUT2D eigenvalue weighted by atomic mass is 9.94. The summed E-state index contributed by atoms with van der Waals surface area (Å²) in [6, 6.07) is 14.5. The third kappa shape index (κ3) is 5.45. The number of nitrogens with zero attached hydrogens (tertiary/aromatic N) is 2. The number of nitrogens with one attached hydrogen (secondary N) is 1. The van der Waals surface area contributed by atoms with Gasteiger partial charge in [0.15, 0.2) is 0 Å². The monoisotopic (exact) mass is 475 g/mol. The quantitative estimate of drug-likeness (QED) is 0.619. The Labute approximate surface area is 194 Å². The molecule has 0 saturated carbocycles. The van der Waals surface area contributed by atoms with Crippen LogP contribution < -0.4 is 14.8 Å². The molecule has 0 aliphatic carbocycles. The van der Waals surface area contributed by atoms with Crippen LogP contribution in [0.2, 0.25) is 0 Å². The minimum atomic E-state index is -3.69. The Kier molecular flexibility index (Phi) is 7.28. The third-order valence-corrected chi connectivity index (χ3v) is 6.96. The summed E-state index contributed by atoms with van der Waals surface area (Å²) in [6.07, 6.45) is 1.03. The van der Waals surface area contributed by atoms with Crippen LogP contribution in [-0.2, 0) is 32.7 Å². The molecule has 3 rings (SSSR count). The lowest BCUT2D eigenvalue weighted by molar-refractivity contribution is -0.153. The summed E-state index contributed by atoms with van der Waals surface area (Å²) in [7, 11) is -0.644. The number of carbonyl (C=O) groups is 2. The average molecular weight is 476 g/mol. The lowest BCUT2D eigenvalue weighted by Crippen LogP contribution is -2.69. The highest BCUT2D eigenvalue weighted by Crippen LogP contribution is 2.31. The number of ether oxygens (including phenoxy) is 2. The molecule has 33 heavy (non-hydrogen) atoms. The van der Waals surface area contributed by atoms with E-state index in [0.29, 0.717) is 17.1 Å². The van der Waals surface area contributed by atoms with Gasteiger partial charge in [0.1, 0.15) is 17.0 Å². The van der Waals surface area contributed by atoms with E-state index in [4.69, 9.17) is 9.47 Å². The van der Waals surface area contributed by atoms with E-state index in [-0.39, 0.29) is 26.2 Å². The van der Waals surface area contributed by atoms with Gasteiger partial charge in [0.2, 0.25) is 21.8 Å². The maximum atomic E-state index is 13.4. The molecule has 0 radical (unpaired) electrons. The first kappa shape index (κ1) is 24.5. The molecule has 10 heteroatoms. The van der Waals surface area contributed by atoms with E-state index < -0.39 is 27.4 Å². The van der Waals surface area contributed by atoms with Crippen LogP contribution in [0.5, 0.6) is 11.5 Å². The molecule has 178 valence electrons. The molecule has 1 aliphatic heterocycles. The topological polar surface area (TPSA) is 105 Å². The average Bonchev–Trinajstić information content (AvgIpc) is 2.79. The Morgan fingerprint density at radius 1 is 1.12 bits per heavy atom. The van der Waals surface area contributed by atoms with Gasteiger partial charge in [-0.3, -0.25) is 9.59 Å². The molecular formula is C23H29N3O6S. The Balaban J connectivity index is 1.95. The second-order valence-corrected chi connectivity index (χ2v) is 10.1. The van der Waals surface area contributed by atoms with E-state index in [0.717, 1.165) is 16.1 Å². The van der Waals surface area contributed by atoms with E-state index >= 15 is 0 Å². The van der Waals surface area contributed by atoms with Crippen molar-refractivity contribution in [1.29, 1.82) is 0 Å². The van der Waals surface area contributed by atoms with E-state index in [2.05, 4.69) is 5.32 Å². The maximum absolute atomic E-state index is 13.4. The van der Waals surface area contributed by atoms with Gasteiger partial charge in [-0.25, -0.2) is 8.42 Å². The molecule has 2 amide bonds. The van der Waals surface area contributed by atoms with Gasteiger partial charge in [-0.1, -0.05) is 30.3 Å². The molecule has 1 aliphatic rings. The molecule has 1 heterocycles. The standard InChI is InChI=1S/C23H29N3O6S/c1-23(22(28)24-13-17-8-6-5-7-9-17)16-25(33(4,29)30)15-21(27)26(23)14-18-12-19(31-2)10-11-20(18)32-3/h5-12H,13-16H2,1-4H3,(H,24,28)/t23-/m0/s1. The van der Waals surface area contributed by atoms with Gasteiger partial charge in [0, 0.05) is 18.7 Å². The fourth-order valence-electron chi connectivity index (χ4n) is 3.83. The Bertz CT molecular complexity index is 1120. The fraction of sp³-hybridized carbons (Fsp3) is 0.391. The second-order valence-electron chi connectivity index (χ2n) is 8.13. The number of piperazine rings is 1.